The molecule has 0 radical (unpaired) electrons. The molecule has 0 saturated carbocycles. The van der Waals surface area contributed by atoms with Crippen LogP contribution < -0.4 is 15.0 Å². The average Bonchev–Trinajstić information content (AvgIpc) is 3.65. The van der Waals surface area contributed by atoms with Crippen LogP contribution in [0.3, 0.4) is 0 Å². The summed E-state index contributed by atoms with van der Waals surface area (Å²) in [5, 5.41) is 13.4. The molecule has 5 rings (SSSR count). The molecule has 3 heterocycles. The van der Waals surface area contributed by atoms with Crippen molar-refractivity contribution in [1.29, 1.82) is 0 Å². The third-order valence-electron chi connectivity index (χ3n) is 6.89. The van der Waals surface area contributed by atoms with Crippen LogP contribution in [0.15, 0.2) is 48.5 Å². The summed E-state index contributed by atoms with van der Waals surface area (Å²) in [5.74, 6) is 6.24. The zero-order valence-corrected chi connectivity index (χ0v) is 28.8. The third kappa shape index (κ3) is 8.59. The minimum atomic E-state index is -0.499. The van der Waals surface area contributed by atoms with Crippen LogP contribution in [-0.2, 0) is 11.2 Å². The second kappa shape index (κ2) is 15.3. The molecule has 5 aromatic rings. The fraction of sp³-hybridized carbons (Fsp3) is 0.324. The predicted octanol–water partition coefficient (Wildman–Crippen LogP) is 6.85. The van der Waals surface area contributed by atoms with Crippen LogP contribution in [0.25, 0.3) is 10.2 Å². The fourth-order valence-corrected chi connectivity index (χ4v) is 6.51. The molecule has 10 nitrogen and oxygen atoms in total. The maximum atomic E-state index is 14.7. The number of carbonyl (C=O) groups excluding carboxylic acids is 1. The van der Waals surface area contributed by atoms with Crippen molar-refractivity contribution in [2.45, 2.75) is 27.2 Å². The monoisotopic (exact) mass is 673 g/mol. The van der Waals surface area contributed by atoms with Gasteiger partial charge in [-0.05, 0) is 82.2 Å². The Bertz CT molecular complexity index is 1900. The van der Waals surface area contributed by atoms with E-state index in [-0.39, 0.29) is 30.6 Å². The Balaban J connectivity index is 1.27. The van der Waals surface area contributed by atoms with Crippen LogP contribution in [0.5, 0.6) is 5.75 Å². The summed E-state index contributed by atoms with van der Waals surface area (Å²) in [6.45, 7) is 6.72. The van der Waals surface area contributed by atoms with E-state index >= 15 is 0 Å². The van der Waals surface area contributed by atoms with Gasteiger partial charge in [0.15, 0.2) is 39.2 Å². The molecule has 1 unspecified atom stereocenters. The number of esters is 1. The summed E-state index contributed by atoms with van der Waals surface area (Å²) >= 11 is 2.91. The molecule has 13 heteroatoms. The normalized spacial score (nSPS) is 11.7. The third-order valence-corrected chi connectivity index (χ3v) is 9.00. The van der Waals surface area contributed by atoms with E-state index in [9.17, 15) is 9.18 Å². The van der Waals surface area contributed by atoms with Crippen LogP contribution in [0.1, 0.15) is 40.3 Å². The Kier molecular flexibility index (Phi) is 11.0. The lowest BCUT2D eigenvalue weighted by atomic mass is 10.1. The molecule has 2 aromatic carbocycles. The number of nitrogens with zero attached hydrogens (tertiary/aromatic N) is 6. The van der Waals surface area contributed by atoms with Gasteiger partial charge >= 0.3 is 5.97 Å². The number of ether oxygens (including phenoxy) is 2. The highest BCUT2D eigenvalue weighted by atomic mass is 32.1. The molecule has 0 bridgehead atoms. The van der Waals surface area contributed by atoms with Gasteiger partial charge in [0, 0.05) is 17.5 Å². The summed E-state index contributed by atoms with van der Waals surface area (Å²) < 4.78 is 26.9. The highest BCUT2D eigenvalue weighted by Crippen LogP contribution is 2.34. The number of fused-ring (bicyclic) bond motifs is 1. The first-order valence-corrected chi connectivity index (χ1v) is 16.7. The molecule has 0 amide bonds. The lowest BCUT2D eigenvalue weighted by Gasteiger charge is -2.15. The highest BCUT2D eigenvalue weighted by Gasteiger charge is 2.24. The van der Waals surface area contributed by atoms with E-state index in [0.717, 1.165) is 25.8 Å². The lowest BCUT2D eigenvalue weighted by Crippen LogP contribution is -2.15. The van der Waals surface area contributed by atoms with Crippen LogP contribution >= 0.6 is 22.7 Å². The van der Waals surface area contributed by atoms with Gasteiger partial charge in [-0.2, -0.15) is 0 Å². The zero-order chi connectivity index (χ0) is 33.5. The highest BCUT2D eigenvalue weighted by molar-refractivity contribution is 7.22. The quantitative estimate of drug-likeness (QED) is 0.112. The molecule has 1 N–H and O–H groups in total. The van der Waals surface area contributed by atoms with Gasteiger partial charge in [0.05, 0.1) is 30.0 Å². The van der Waals surface area contributed by atoms with E-state index in [2.05, 4.69) is 37.3 Å². The number of aryl methyl sites for hydroxylation is 1. The van der Waals surface area contributed by atoms with Crippen molar-refractivity contribution in [3.63, 3.8) is 0 Å². The number of nitrogens with one attached hydrogen (secondary N) is 1. The van der Waals surface area contributed by atoms with E-state index in [1.807, 2.05) is 70.2 Å². The summed E-state index contributed by atoms with van der Waals surface area (Å²) in [6, 6.07) is 14.5. The minimum absolute atomic E-state index is 0.0596. The van der Waals surface area contributed by atoms with Crippen molar-refractivity contribution in [3.05, 3.63) is 76.0 Å². The number of aromatic nitrogens is 4. The topological polar surface area (TPSA) is 106 Å². The van der Waals surface area contributed by atoms with Crippen molar-refractivity contribution in [1.82, 2.24) is 25.1 Å². The largest absolute Gasteiger partial charge is 0.490 e. The van der Waals surface area contributed by atoms with Crippen molar-refractivity contribution >= 4 is 60.8 Å². The van der Waals surface area contributed by atoms with Crippen molar-refractivity contribution in [2.75, 3.05) is 51.1 Å². The van der Waals surface area contributed by atoms with Gasteiger partial charge < -0.3 is 19.7 Å². The number of benzene rings is 2. The maximum absolute atomic E-state index is 14.7. The summed E-state index contributed by atoms with van der Waals surface area (Å²) in [5.41, 5.74) is 2.62. The number of para-hydroxylation sites is 1. The number of rotatable bonds is 12. The fourth-order valence-electron chi connectivity index (χ4n) is 4.47. The van der Waals surface area contributed by atoms with Gasteiger partial charge in [0.2, 0.25) is 0 Å². The Morgan fingerprint density at radius 2 is 1.89 bits per heavy atom. The molecule has 0 fully saturated rings. The van der Waals surface area contributed by atoms with Crippen molar-refractivity contribution in [2.24, 2.45) is 5.92 Å². The van der Waals surface area contributed by atoms with Gasteiger partial charge in [-0.25, -0.2) is 19.2 Å². The summed E-state index contributed by atoms with van der Waals surface area (Å²) in [7, 11) is 5.67. The maximum Gasteiger partial charge on any atom is 0.358 e. The molecule has 0 saturated heterocycles. The standard InChI is InChI=1S/C34H36FN7O3S2/c1-7-44-32(43)30-28(17-21(2)20-45-26-15-14-23(19-24(26)35)11-10-16-41(4)5)47-34(37-30)42(6)29-18-22(3)31(40-39-29)38-33-36-25-12-8-9-13-27(25)46-33/h8-9,12-15,18-19,21H,7,16-17,20H2,1-6H3,(H,36,38,40). The molecule has 0 aliphatic heterocycles. The van der Waals surface area contributed by atoms with E-state index < -0.39 is 11.8 Å². The van der Waals surface area contributed by atoms with Gasteiger partial charge in [-0.3, -0.25) is 4.90 Å². The second-order valence-corrected chi connectivity index (χ2v) is 13.3. The smallest absolute Gasteiger partial charge is 0.358 e. The lowest BCUT2D eigenvalue weighted by molar-refractivity contribution is 0.0519. The molecule has 47 heavy (non-hydrogen) atoms. The van der Waals surface area contributed by atoms with Gasteiger partial charge in [-0.1, -0.05) is 42.2 Å². The number of carbonyl (C=O) groups is 1. The first-order chi connectivity index (χ1) is 22.6. The molecule has 0 aliphatic carbocycles. The zero-order valence-electron chi connectivity index (χ0n) is 27.1. The van der Waals surface area contributed by atoms with Crippen LogP contribution in [0, 0.1) is 30.5 Å². The van der Waals surface area contributed by atoms with Crippen molar-refractivity contribution in [3.8, 4) is 17.6 Å². The molecule has 1 atom stereocenters. The molecule has 3 aromatic heterocycles. The van der Waals surface area contributed by atoms with E-state index in [1.165, 1.54) is 17.4 Å². The predicted molar refractivity (Wildman–Crippen MR) is 186 cm³/mol. The Hall–Kier alpha value is -4.64. The number of hydrogen-bond acceptors (Lipinski definition) is 12. The SMILES string of the molecule is CCOC(=O)c1nc(N(C)c2cc(C)c(Nc3nc4ccccc4s3)nn2)sc1CC(C)COc1ccc(C#CCN(C)C)cc1F. The average molecular weight is 674 g/mol. The van der Waals surface area contributed by atoms with Crippen LogP contribution in [0.4, 0.5) is 26.3 Å². The number of thiazole rings is 2. The molecule has 0 aliphatic rings. The Morgan fingerprint density at radius 1 is 1.09 bits per heavy atom. The summed E-state index contributed by atoms with van der Waals surface area (Å²) in [6.07, 6.45) is 0.477. The van der Waals surface area contributed by atoms with Crippen LogP contribution in [-0.4, -0.2) is 71.9 Å². The molecular formula is C34H36FN7O3S2. The Morgan fingerprint density at radius 3 is 2.62 bits per heavy atom. The van der Waals surface area contributed by atoms with Crippen molar-refractivity contribution < 1.29 is 18.7 Å². The molecule has 244 valence electrons. The molecule has 0 spiro atoms. The van der Waals surface area contributed by atoms with Gasteiger partial charge in [0.25, 0.3) is 0 Å². The number of anilines is 4. The van der Waals surface area contributed by atoms with E-state index in [4.69, 9.17) is 9.47 Å². The first-order valence-electron chi connectivity index (χ1n) is 15.0. The van der Waals surface area contributed by atoms with Crippen LogP contribution in [0.2, 0.25) is 0 Å². The Labute approximate surface area is 281 Å². The first kappa shape index (κ1) is 33.7. The van der Waals surface area contributed by atoms with Gasteiger partial charge in [0.1, 0.15) is 0 Å². The van der Waals surface area contributed by atoms with E-state index in [0.29, 0.717) is 35.3 Å². The second-order valence-electron chi connectivity index (χ2n) is 11.2. The van der Waals surface area contributed by atoms with E-state index in [1.54, 1.807) is 35.3 Å². The number of halogens is 1. The molecular weight excluding hydrogens is 638 g/mol. The minimum Gasteiger partial charge on any atom is -0.490 e. The van der Waals surface area contributed by atoms with Gasteiger partial charge in [-0.15, -0.1) is 21.5 Å². The number of hydrogen-bond donors (Lipinski definition) is 1. The summed E-state index contributed by atoms with van der Waals surface area (Å²) in [4.78, 5) is 26.6.